The van der Waals surface area contributed by atoms with Gasteiger partial charge in [0.2, 0.25) is 0 Å². The summed E-state index contributed by atoms with van der Waals surface area (Å²) in [6.45, 7) is 3.23. The van der Waals surface area contributed by atoms with Gasteiger partial charge in [-0.3, -0.25) is 0 Å². The van der Waals surface area contributed by atoms with Crippen molar-refractivity contribution in [3.63, 3.8) is 0 Å². The van der Waals surface area contributed by atoms with E-state index in [1.807, 2.05) is 24.5 Å². The van der Waals surface area contributed by atoms with Gasteiger partial charge in [0, 0.05) is 30.3 Å². The molecule has 4 rings (SSSR count). The number of furan rings is 1. The molecule has 4 nitrogen and oxygen atoms in total. The van der Waals surface area contributed by atoms with E-state index in [0.717, 1.165) is 31.8 Å². The summed E-state index contributed by atoms with van der Waals surface area (Å²) < 4.78 is 5.77. The maximum Gasteiger partial charge on any atom is 0.115 e. The Morgan fingerprint density at radius 2 is 1.96 bits per heavy atom. The highest BCUT2D eigenvalue weighted by molar-refractivity contribution is 8.93. The lowest BCUT2D eigenvalue weighted by atomic mass is 9.90. The van der Waals surface area contributed by atoms with Crippen molar-refractivity contribution in [2.24, 2.45) is 0 Å². The van der Waals surface area contributed by atoms with E-state index in [1.54, 1.807) is 6.07 Å². The molecule has 3 aromatic rings. The van der Waals surface area contributed by atoms with E-state index in [0.29, 0.717) is 11.7 Å². The highest BCUT2D eigenvalue weighted by Crippen LogP contribution is 2.29. The van der Waals surface area contributed by atoms with Gasteiger partial charge in [0.25, 0.3) is 0 Å². The highest BCUT2D eigenvalue weighted by atomic mass is 79.9. The van der Waals surface area contributed by atoms with Gasteiger partial charge in [0.1, 0.15) is 11.5 Å². The molecule has 26 heavy (non-hydrogen) atoms. The molecule has 5 heteroatoms. The molecule has 1 fully saturated rings. The maximum absolute atomic E-state index is 9.71. The van der Waals surface area contributed by atoms with Crippen molar-refractivity contribution in [2.75, 3.05) is 19.6 Å². The van der Waals surface area contributed by atoms with E-state index in [2.05, 4.69) is 29.2 Å². The normalized spacial score (nSPS) is 17.5. The van der Waals surface area contributed by atoms with Crippen LogP contribution in [0.5, 0.6) is 5.75 Å². The zero-order valence-electron chi connectivity index (χ0n) is 14.7. The third-order valence-electron chi connectivity index (χ3n) is 5.09. The standard InChI is InChI=1S/C21H23NO2.BrH.H2O/c23-19-8-3-6-16(13-19)17-7-4-11-22(14-17)12-10-21-20-9-2-1-5-18(20)15-24-21;;/h1-3,5-6,8-9,13,15,17,23H,4,7,10-12,14H2;1H;1H2. The number of nitrogens with zero attached hydrogens (tertiary/aromatic N) is 1. The van der Waals surface area contributed by atoms with Gasteiger partial charge in [-0.2, -0.15) is 0 Å². The fraction of sp³-hybridized carbons (Fsp3) is 0.333. The number of hydrogen-bond donors (Lipinski definition) is 1. The van der Waals surface area contributed by atoms with Crippen molar-refractivity contribution in [1.29, 1.82) is 0 Å². The van der Waals surface area contributed by atoms with E-state index in [1.165, 1.54) is 29.2 Å². The number of likely N-dealkylation sites (tertiary alicyclic amines) is 1. The fourth-order valence-electron chi connectivity index (χ4n) is 3.81. The predicted molar refractivity (Wildman–Crippen MR) is 110 cm³/mol. The van der Waals surface area contributed by atoms with E-state index >= 15 is 0 Å². The number of halogens is 1. The average Bonchev–Trinajstić information content (AvgIpc) is 3.03. The summed E-state index contributed by atoms with van der Waals surface area (Å²) in [6.07, 6.45) is 5.21. The van der Waals surface area contributed by atoms with E-state index < -0.39 is 0 Å². The highest BCUT2D eigenvalue weighted by Gasteiger charge is 2.21. The Morgan fingerprint density at radius 3 is 2.81 bits per heavy atom. The zero-order valence-corrected chi connectivity index (χ0v) is 16.4. The van der Waals surface area contributed by atoms with Crippen LogP contribution in [-0.2, 0) is 6.42 Å². The molecule has 1 aliphatic heterocycles. The minimum absolute atomic E-state index is 0. The number of phenols is 1. The van der Waals surface area contributed by atoms with Crippen LogP contribution < -0.4 is 0 Å². The van der Waals surface area contributed by atoms with Gasteiger partial charge < -0.3 is 19.9 Å². The third kappa shape index (κ3) is 4.47. The van der Waals surface area contributed by atoms with E-state index in [9.17, 15) is 5.11 Å². The molecule has 2 heterocycles. The number of piperidine rings is 1. The van der Waals surface area contributed by atoms with Gasteiger partial charge in [0.05, 0.1) is 6.26 Å². The summed E-state index contributed by atoms with van der Waals surface area (Å²) in [5.74, 6) is 1.97. The first-order valence-electron chi connectivity index (χ1n) is 8.76. The monoisotopic (exact) mass is 419 g/mol. The molecule has 140 valence electrons. The van der Waals surface area contributed by atoms with Gasteiger partial charge in [-0.1, -0.05) is 36.4 Å². The first-order chi connectivity index (χ1) is 11.8. The maximum atomic E-state index is 9.71. The van der Waals surface area contributed by atoms with E-state index in [4.69, 9.17) is 4.42 Å². The SMILES string of the molecule is Br.O.Oc1cccc(C2CCCN(CCc3occ4ccccc34)C2)c1. The van der Waals surface area contributed by atoms with Crippen LogP contribution >= 0.6 is 17.0 Å². The summed E-state index contributed by atoms with van der Waals surface area (Å²) in [5.41, 5.74) is 1.25. The molecule has 0 radical (unpaired) electrons. The summed E-state index contributed by atoms with van der Waals surface area (Å²) in [7, 11) is 0. The number of benzene rings is 2. The Morgan fingerprint density at radius 1 is 1.12 bits per heavy atom. The Hall–Kier alpha value is -1.82. The van der Waals surface area contributed by atoms with Crippen LogP contribution in [0, 0.1) is 0 Å². The molecule has 3 N–H and O–H groups in total. The Kier molecular flexibility index (Phi) is 7.26. The molecule has 0 bridgehead atoms. The van der Waals surface area contributed by atoms with Crippen molar-refractivity contribution in [2.45, 2.75) is 25.2 Å². The summed E-state index contributed by atoms with van der Waals surface area (Å²) >= 11 is 0. The average molecular weight is 420 g/mol. The van der Waals surface area contributed by atoms with Gasteiger partial charge in [-0.15, -0.1) is 17.0 Å². The quantitative estimate of drug-likeness (QED) is 0.684. The van der Waals surface area contributed by atoms with Crippen LogP contribution in [0.1, 0.15) is 30.1 Å². The minimum atomic E-state index is 0. The number of aromatic hydroxyl groups is 1. The van der Waals surface area contributed by atoms with Crippen molar-refractivity contribution >= 4 is 27.8 Å². The number of rotatable bonds is 4. The molecule has 1 unspecified atom stereocenters. The Labute approximate surface area is 164 Å². The van der Waals surface area contributed by atoms with Crippen LogP contribution in [-0.4, -0.2) is 35.1 Å². The minimum Gasteiger partial charge on any atom is -0.508 e. The van der Waals surface area contributed by atoms with Crippen LogP contribution in [0.25, 0.3) is 10.8 Å². The lowest BCUT2D eigenvalue weighted by molar-refractivity contribution is 0.207. The third-order valence-corrected chi connectivity index (χ3v) is 5.09. The summed E-state index contributed by atoms with van der Waals surface area (Å²) in [5, 5.41) is 12.1. The molecular weight excluding hydrogens is 394 g/mol. The topological polar surface area (TPSA) is 68.1 Å². The predicted octanol–water partition coefficient (Wildman–Crippen LogP) is 4.31. The number of fused-ring (bicyclic) bond motifs is 1. The van der Waals surface area contributed by atoms with Crippen LogP contribution in [0.4, 0.5) is 0 Å². The molecule has 1 aromatic heterocycles. The summed E-state index contributed by atoms with van der Waals surface area (Å²) in [6, 6.07) is 16.1. The van der Waals surface area contributed by atoms with Gasteiger partial charge in [-0.05, 0) is 43.0 Å². The fourth-order valence-corrected chi connectivity index (χ4v) is 3.81. The number of phenolic OH excluding ortho intramolecular Hbond substituents is 1. The summed E-state index contributed by atoms with van der Waals surface area (Å²) in [4.78, 5) is 2.52. The molecule has 0 aliphatic carbocycles. The first-order valence-corrected chi connectivity index (χ1v) is 8.76. The molecule has 1 aliphatic rings. The van der Waals surface area contributed by atoms with Gasteiger partial charge in [-0.25, -0.2) is 0 Å². The molecule has 0 saturated carbocycles. The van der Waals surface area contributed by atoms with Gasteiger partial charge >= 0.3 is 0 Å². The molecule has 1 atom stereocenters. The van der Waals surface area contributed by atoms with Crippen molar-refractivity contribution in [1.82, 2.24) is 4.90 Å². The smallest absolute Gasteiger partial charge is 0.115 e. The van der Waals surface area contributed by atoms with Crippen LogP contribution in [0.3, 0.4) is 0 Å². The van der Waals surface area contributed by atoms with Crippen molar-refractivity contribution in [3.8, 4) is 5.75 Å². The van der Waals surface area contributed by atoms with Gasteiger partial charge in [0.15, 0.2) is 0 Å². The Balaban J connectivity index is 0.00000121. The molecule has 1 saturated heterocycles. The second-order valence-electron chi connectivity index (χ2n) is 6.73. The number of hydrogen-bond acceptors (Lipinski definition) is 3. The van der Waals surface area contributed by atoms with Crippen LogP contribution in [0.15, 0.2) is 59.2 Å². The first kappa shape index (κ1) is 20.5. The van der Waals surface area contributed by atoms with E-state index in [-0.39, 0.29) is 22.5 Å². The second-order valence-corrected chi connectivity index (χ2v) is 6.73. The van der Waals surface area contributed by atoms with Crippen molar-refractivity contribution < 1.29 is 15.0 Å². The lowest BCUT2D eigenvalue weighted by Crippen LogP contribution is -2.35. The van der Waals surface area contributed by atoms with Crippen LogP contribution in [0.2, 0.25) is 0 Å². The Bertz CT molecular complexity index is 833. The lowest BCUT2D eigenvalue weighted by Gasteiger charge is -2.32. The second kappa shape index (κ2) is 9.21. The molecule has 0 spiro atoms. The van der Waals surface area contributed by atoms with Crippen molar-refractivity contribution in [3.05, 3.63) is 66.1 Å². The zero-order chi connectivity index (χ0) is 16.4. The molecule has 0 amide bonds. The molecule has 2 aromatic carbocycles. The largest absolute Gasteiger partial charge is 0.508 e. The molecular formula is C21H26BrNO3.